The van der Waals surface area contributed by atoms with E-state index in [9.17, 15) is 9.59 Å². The zero-order valence-corrected chi connectivity index (χ0v) is 10.4. The summed E-state index contributed by atoms with van der Waals surface area (Å²) in [6.45, 7) is 5.15. The maximum Gasteiger partial charge on any atom is 0.431 e. The minimum absolute atomic E-state index is 0.401. The molecular weight excluding hydrogens is 226 g/mol. The van der Waals surface area contributed by atoms with Crippen LogP contribution in [-0.4, -0.2) is 28.4 Å². The van der Waals surface area contributed by atoms with E-state index < -0.39 is 23.3 Å². The Kier molecular flexibility index (Phi) is 3.98. The van der Waals surface area contributed by atoms with Crippen molar-refractivity contribution in [1.29, 1.82) is 0 Å². The van der Waals surface area contributed by atoms with E-state index in [-0.39, 0.29) is 0 Å². The molecule has 6 nitrogen and oxygen atoms in total. The molecule has 0 aromatic heterocycles. The minimum Gasteiger partial charge on any atom is -0.479 e. The Morgan fingerprint density at radius 3 is 2.18 bits per heavy atom. The first-order chi connectivity index (χ1) is 7.75. The zero-order chi connectivity index (χ0) is 13.1. The van der Waals surface area contributed by atoms with Crippen LogP contribution in [0, 0.1) is 0 Å². The van der Waals surface area contributed by atoms with Crippen LogP contribution in [0.4, 0.5) is 4.79 Å². The summed E-state index contributed by atoms with van der Waals surface area (Å²) < 4.78 is 4.95. The Morgan fingerprint density at radius 2 is 1.76 bits per heavy atom. The molecule has 1 fully saturated rings. The lowest BCUT2D eigenvalue weighted by Gasteiger charge is -2.25. The third-order valence-electron chi connectivity index (χ3n) is 2.53. The van der Waals surface area contributed by atoms with Crippen molar-refractivity contribution in [2.45, 2.75) is 57.7 Å². The van der Waals surface area contributed by atoms with Crippen LogP contribution in [-0.2, 0) is 14.4 Å². The van der Waals surface area contributed by atoms with Gasteiger partial charge >= 0.3 is 12.1 Å². The van der Waals surface area contributed by atoms with Gasteiger partial charge in [-0.15, -0.1) is 0 Å². The second kappa shape index (κ2) is 4.91. The number of rotatable bonds is 3. The molecule has 0 aromatic rings. The number of hydrogen-bond donors (Lipinski definition) is 2. The van der Waals surface area contributed by atoms with Crippen LogP contribution in [0.5, 0.6) is 0 Å². The van der Waals surface area contributed by atoms with E-state index in [2.05, 4.69) is 5.48 Å². The van der Waals surface area contributed by atoms with Gasteiger partial charge in [0.25, 0.3) is 0 Å². The second-order valence-corrected chi connectivity index (χ2v) is 5.21. The van der Waals surface area contributed by atoms with Crippen molar-refractivity contribution >= 4 is 12.1 Å². The highest BCUT2D eigenvalue weighted by Crippen LogP contribution is 2.32. The molecule has 0 spiro atoms. The van der Waals surface area contributed by atoms with Crippen LogP contribution in [0.2, 0.25) is 0 Å². The predicted octanol–water partition coefficient (Wildman–Crippen LogP) is 1.84. The first kappa shape index (κ1) is 13.8. The topological polar surface area (TPSA) is 84.9 Å². The fraction of sp³-hybridized carbons (Fsp3) is 0.818. The van der Waals surface area contributed by atoms with Crippen LogP contribution in [0.15, 0.2) is 0 Å². The van der Waals surface area contributed by atoms with Gasteiger partial charge in [0.2, 0.25) is 0 Å². The van der Waals surface area contributed by atoms with Gasteiger partial charge in [0.05, 0.1) is 0 Å². The maximum atomic E-state index is 11.3. The van der Waals surface area contributed by atoms with Crippen LogP contribution < -0.4 is 5.48 Å². The van der Waals surface area contributed by atoms with E-state index >= 15 is 0 Å². The van der Waals surface area contributed by atoms with Crippen LogP contribution in [0.1, 0.15) is 46.5 Å². The van der Waals surface area contributed by atoms with Gasteiger partial charge in [-0.2, -0.15) is 5.48 Å². The van der Waals surface area contributed by atoms with Gasteiger partial charge in [-0.1, -0.05) is 0 Å². The lowest BCUT2D eigenvalue weighted by Crippen LogP contribution is -2.45. The van der Waals surface area contributed by atoms with Crippen LogP contribution >= 0.6 is 0 Å². The largest absolute Gasteiger partial charge is 0.479 e. The van der Waals surface area contributed by atoms with Gasteiger partial charge in [0.15, 0.2) is 5.60 Å². The molecule has 1 amide bonds. The molecule has 0 atom stereocenters. The number of carbonyl (C=O) groups is 2. The summed E-state index contributed by atoms with van der Waals surface area (Å²) in [5.41, 5.74) is 0.127. The summed E-state index contributed by atoms with van der Waals surface area (Å²) in [4.78, 5) is 27.5. The van der Waals surface area contributed by atoms with Gasteiger partial charge in [-0.05, 0) is 46.5 Å². The van der Waals surface area contributed by atoms with E-state index in [1.807, 2.05) is 0 Å². The average Bonchev–Trinajstić information content (AvgIpc) is 2.61. The van der Waals surface area contributed by atoms with Crippen molar-refractivity contribution in [2.24, 2.45) is 0 Å². The third kappa shape index (κ3) is 3.89. The van der Waals surface area contributed by atoms with E-state index in [0.717, 1.165) is 12.8 Å². The third-order valence-corrected chi connectivity index (χ3v) is 2.53. The Bertz CT molecular complexity index is 301. The monoisotopic (exact) mass is 245 g/mol. The van der Waals surface area contributed by atoms with E-state index in [1.165, 1.54) is 0 Å². The molecule has 17 heavy (non-hydrogen) atoms. The molecule has 1 rings (SSSR count). The zero-order valence-electron chi connectivity index (χ0n) is 10.4. The second-order valence-electron chi connectivity index (χ2n) is 5.21. The molecule has 6 heteroatoms. The fourth-order valence-electron chi connectivity index (χ4n) is 1.74. The molecule has 0 radical (unpaired) electrons. The molecule has 98 valence electrons. The van der Waals surface area contributed by atoms with Crippen molar-refractivity contribution in [3.8, 4) is 0 Å². The van der Waals surface area contributed by atoms with Crippen molar-refractivity contribution in [3.05, 3.63) is 0 Å². The molecule has 0 saturated heterocycles. The first-order valence-electron chi connectivity index (χ1n) is 5.66. The van der Waals surface area contributed by atoms with Crippen molar-refractivity contribution < 1.29 is 24.3 Å². The summed E-state index contributed by atoms with van der Waals surface area (Å²) in [5, 5.41) is 9.09. The molecule has 0 bridgehead atoms. The summed E-state index contributed by atoms with van der Waals surface area (Å²) >= 11 is 0. The number of hydrogen-bond acceptors (Lipinski definition) is 4. The number of ether oxygens (including phenoxy) is 1. The maximum absolute atomic E-state index is 11.3. The van der Waals surface area contributed by atoms with Crippen LogP contribution in [0.25, 0.3) is 0 Å². The van der Waals surface area contributed by atoms with E-state index in [0.29, 0.717) is 12.8 Å². The molecule has 0 unspecified atom stereocenters. The highest BCUT2D eigenvalue weighted by atomic mass is 16.7. The molecule has 1 aliphatic carbocycles. The molecule has 1 saturated carbocycles. The van der Waals surface area contributed by atoms with Gasteiger partial charge < -0.3 is 9.84 Å². The first-order valence-corrected chi connectivity index (χ1v) is 5.66. The molecule has 0 heterocycles. The quantitative estimate of drug-likeness (QED) is 0.741. The number of carbonyl (C=O) groups excluding carboxylic acids is 1. The Hall–Kier alpha value is -1.30. The smallest absolute Gasteiger partial charge is 0.431 e. The van der Waals surface area contributed by atoms with E-state index in [4.69, 9.17) is 14.7 Å². The van der Waals surface area contributed by atoms with Crippen LogP contribution in [0.3, 0.4) is 0 Å². The Balaban J connectivity index is 2.48. The summed E-state index contributed by atoms with van der Waals surface area (Å²) in [6, 6.07) is 0. The van der Waals surface area contributed by atoms with E-state index in [1.54, 1.807) is 20.8 Å². The number of hydroxylamine groups is 1. The SMILES string of the molecule is CC(C)(C)OC(=O)NOC1(C(=O)O)CCCC1. The van der Waals surface area contributed by atoms with Gasteiger partial charge in [-0.3, -0.25) is 4.84 Å². The van der Waals surface area contributed by atoms with Crippen molar-refractivity contribution in [2.75, 3.05) is 0 Å². The van der Waals surface area contributed by atoms with Gasteiger partial charge in [0, 0.05) is 0 Å². The Morgan fingerprint density at radius 1 is 1.24 bits per heavy atom. The fourth-order valence-corrected chi connectivity index (χ4v) is 1.74. The highest BCUT2D eigenvalue weighted by molar-refractivity contribution is 5.78. The normalized spacial score (nSPS) is 18.8. The summed E-state index contributed by atoms with van der Waals surface area (Å²) in [6.07, 6.45) is 1.59. The number of carboxylic acids is 1. The van der Waals surface area contributed by atoms with Crippen molar-refractivity contribution in [3.63, 3.8) is 0 Å². The van der Waals surface area contributed by atoms with Gasteiger partial charge in [0.1, 0.15) is 5.60 Å². The molecule has 1 aliphatic rings. The lowest BCUT2D eigenvalue weighted by molar-refractivity contribution is -0.174. The summed E-state index contributed by atoms with van der Waals surface area (Å²) in [7, 11) is 0. The number of carboxylic acid groups (broad SMARTS) is 1. The predicted molar refractivity (Wildman–Crippen MR) is 59.3 cm³/mol. The highest BCUT2D eigenvalue weighted by Gasteiger charge is 2.44. The van der Waals surface area contributed by atoms with Gasteiger partial charge in [-0.25, -0.2) is 9.59 Å². The molecular formula is C11H19NO5. The average molecular weight is 245 g/mol. The number of aliphatic carboxylic acids is 1. The minimum atomic E-state index is -1.29. The Labute approximate surface area is 100 Å². The number of nitrogens with one attached hydrogen (secondary N) is 1. The standard InChI is InChI=1S/C11H19NO5/c1-10(2,3)16-9(15)12-17-11(8(13)14)6-4-5-7-11/h4-7H2,1-3H3,(H,12,15)(H,13,14). The summed E-state index contributed by atoms with van der Waals surface area (Å²) in [5.74, 6) is -1.05. The van der Waals surface area contributed by atoms with Crippen molar-refractivity contribution in [1.82, 2.24) is 5.48 Å². The number of amides is 1. The molecule has 2 N–H and O–H groups in total. The molecule has 0 aromatic carbocycles. The lowest BCUT2D eigenvalue weighted by atomic mass is 10.0. The molecule has 0 aliphatic heterocycles.